The van der Waals surface area contributed by atoms with E-state index in [2.05, 4.69) is 41.2 Å². The molecule has 1 spiro atoms. The summed E-state index contributed by atoms with van der Waals surface area (Å²) in [6.07, 6.45) is 4.23. The van der Waals surface area contributed by atoms with Crippen LogP contribution in [-0.2, 0) is 4.79 Å². The van der Waals surface area contributed by atoms with Crippen LogP contribution in [0.2, 0.25) is 0 Å². The highest BCUT2D eigenvalue weighted by Crippen LogP contribution is 2.60. The monoisotopic (exact) mass is 246 g/mol. The first kappa shape index (κ1) is 13.6. The Hall–Kier alpha value is -0.850. The summed E-state index contributed by atoms with van der Waals surface area (Å²) in [4.78, 5) is 12.2. The first-order valence-corrected chi connectivity index (χ1v) is 7.10. The fourth-order valence-corrected chi connectivity index (χ4v) is 3.85. The van der Waals surface area contributed by atoms with Crippen molar-refractivity contribution in [3.8, 4) is 0 Å². The Morgan fingerprint density at radius 1 is 1.33 bits per heavy atom. The third-order valence-corrected chi connectivity index (χ3v) is 5.60. The quantitative estimate of drug-likeness (QED) is 0.567. The molecule has 0 radical (unpaired) electrons. The molecule has 1 heteroatoms. The SMILES string of the molecule is C=C1C(C)(C)C(=O)C[C@H](C)C12CCC(=C(C)C)C2. The number of ketones is 1. The molecular weight excluding hydrogens is 220 g/mol. The lowest BCUT2D eigenvalue weighted by Gasteiger charge is -2.48. The second-order valence-corrected chi connectivity index (χ2v) is 7.07. The maximum absolute atomic E-state index is 12.2. The Labute approximate surface area is 111 Å². The first-order chi connectivity index (χ1) is 8.21. The van der Waals surface area contributed by atoms with Crippen molar-refractivity contribution < 1.29 is 4.79 Å². The highest BCUT2D eigenvalue weighted by molar-refractivity contribution is 5.89. The van der Waals surface area contributed by atoms with Crippen molar-refractivity contribution in [3.05, 3.63) is 23.3 Å². The molecule has 0 N–H and O–H groups in total. The van der Waals surface area contributed by atoms with E-state index in [9.17, 15) is 4.79 Å². The van der Waals surface area contributed by atoms with E-state index < -0.39 is 0 Å². The van der Waals surface area contributed by atoms with Crippen molar-refractivity contribution in [2.45, 2.75) is 60.3 Å². The molecule has 18 heavy (non-hydrogen) atoms. The van der Waals surface area contributed by atoms with Crippen LogP contribution in [0.1, 0.15) is 60.3 Å². The van der Waals surface area contributed by atoms with E-state index in [-0.39, 0.29) is 10.8 Å². The third-order valence-electron chi connectivity index (χ3n) is 5.60. The molecule has 0 amide bonds. The summed E-state index contributed by atoms with van der Waals surface area (Å²) in [7, 11) is 0. The van der Waals surface area contributed by atoms with Gasteiger partial charge in [0.15, 0.2) is 0 Å². The van der Waals surface area contributed by atoms with Crippen LogP contribution in [0, 0.1) is 16.7 Å². The highest BCUT2D eigenvalue weighted by Gasteiger charge is 2.53. The molecule has 100 valence electrons. The molecule has 0 aromatic rings. The zero-order valence-corrected chi connectivity index (χ0v) is 12.5. The second kappa shape index (κ2) is 4.08. The summed E-state index contributed by atoms with van der Waals surface area (Å²) in [6.45, 7) is 15.1. The lowest BCUT2D eigenvalue weighted by molar-refractivity contribution is -0.130. The lowest BCUT2D eigenvalue weighted by Crippen LogP contribution is -2.45. The fraction of sp³-hybridized carbons (Fsp3) is 0.706. The van der Waals surface area contributed by atoms with Gasteiger partial charge in [0.05, 0.1) is 0 Å². The van der Waals surface area contributed by atoms with E-state index >= 15 is 0 Å². The summed E-state index contributed by atoms with van der Waals surface area (Å²) in [5, 5.41) is 0. The Morgan fingerprint density at radius 2 is 1.94 bits per heavy atom. The van der Waals surface area contributed by atoms with Gasteiger partial charge < -0.3 is 0 Å². The molecule has 2 aliphatic rings. The molecule has 2 fully saturated rings. The third kappa shape index (κ3) is 1.71. The smallest absolute Gasteiger partial charge is 0.142 e. The molecular formula is C17H26O. The molecule has 0 heterocycles. The molecule has 2 atom stereocenters. The number of rotatable bonds is 0. The van der Waals surface area contributed by atoms with Gasteiger partial charge in [0.25, 0.3) is 0 Å². The van der Waals surface area contributed by atoms with Crippen molar-refractivity contribution in [3.63, 3.8) is 0 Å². The molecule has 2 rings (SSSR count). The minimum atomic E-state index is -0.330. The molecule has 2 saturated carbocycles. The van der Waals surface area contributed by atoms with Gasteiger partial charge in [-0.25, -0.2) is 0 Å². The maximum atomic E-state index is 12.2. The van der Waals surface area contributed by atoms with E-state index in [1.54, 1.807) is 5.57 Å². The van der Waals surface area contributed by atoms with E-state index in [1.165, 1.54) is 24.0 Å². The first-order valence-electron chi connectivity index (χ1n) is 7.10. The summed E-state index contributed by atoms with van der Waals surface area (Å²) < 4.78 is 0. The van der Waals surface area contributed by atoms with Crippen LogP contribution in [0.25, 0.3) is 0 Å². The average Bonchev–Trinajstić information content (AvgIpc) is 2.72. The number of carbonyl (C=O) groups excluding carboxylic acids is 1. The van der Waals surface area contributed by atoms with Gasteiger partial charge in [0, 0.05) is 11.8 Å². The Bertz CT molecular complexity index is 435. The van der Waals surface area contributed by atoms with Gasteiger partial charge in [-0.2, -0.15) is 0 Å². The van der Waals surface area contributed by atoms with Crippen LogP contribution in [0.3, 0.4) is 0 Å². The summed E-state index contributed by atoms with van der Waals surface area (Å²) in [5.41, 5.74) is 4.10. The molecule has 2 aliphatic carbocycles. The predicted molar refractivity (Wildman–Crippen MR) is 76.4 cm³/mol. The van der Waals surface area contributed by atoms with Crippen LogP contribution >= 0.6 is 0 Å². The Morgan fingerprint density at radius 3 is 2.44 bits per heavy atom. The highest BCUT2D eigenvalue weighted by atomic mass is 16.1. The van der Waals surface area contributed by atoms with Gasteiger partial charge in [0.2, 0.25) is 0 Å². The van der Waals surface area contributed by atoms with Gasteiger partial charge in [-0.05, 0) is 58.3 Å². The Kier molecular flexibility index (Phi) is 3.08. The average molecular weight is 246 g/mol. The van der Waals surface area contributed by atoms with Crippen LogP contribution < -0.4 is 0 Å². The zero-order chi connectivity index (χ0) is 13.7. The predicted octanol–water partition coefficient (Wildman–Crippen LogP) is 4.68. The number of allylic oxidation sites excluding steroid dienone is 3. The zero-order valence-electron chi connectivity index (χ0n) is 12.5. The Balaban J connectivity index is 2.42. The van der Waals surface area contributed by atoms with Gasteiger partial charge in [-0.15, -0.1) is 0 Å². The standard InChI is InChI=1S/C17H26O/c1-11(2)14-7-8-17(10-14)12(3)9-15(18)16(5,6)13(17)4/h12H,4,7-10H2,1-3,5-6H3/t12-,17?/m0/s1. The molecule has 0 aromatic heterocycles. The molecule has 0 saturated heterocycles. The summed E-state index contributed by atoms with van der Waals surface area (Å²) in [6, 6.07) is 0. The van der Waals surface area contributed by atoms with Crippen LogP contribution in [-0.4, -0.2) is 5.78 Å². The van der Waals surface area contributed by atoms with Gasteiger partial charge in [-0.1, -0.05) is 30.2 Å². The summed E-state index contributed by atoms with van der Waals surface area (Å²) in [5.74, 6) is 0.818. The number of carbonyl (C=O) groups is 1. The van der Waals surface area contributed by atoms with Crippen molar-refractivity contribution >= 4 is 5.78 Å². The molecule has 1 unspecified atom stereocenters. The van der Waals surface area contributed by atoms with E-state index in [4.69, 9.17) is 0 Å². The van der Waals surface area contributed by atoms with Gasteiger partial charge >= 0.3 is 0 Å². The molecule has 0 bridgehead atoms. The maximum Gasteiger partial charge on any atom is 0.142 e. The van der Waals surface area contributed by atoms with Crippen LogP contribution in [0.4, 0.5) is 0 Å². The van der Waals surface area contributed by atoms with Crippen molar-refractivity contribution in [1.82, 2.24) is 0 Å². The number of Topliss-reactive ketones (excluding diaryl/α,β-unsaturated/α-hetero) is 1. The summed E-state index contributed by atoms with van der Waals surface area (Å²) >= 11 is 0. The minimum absolute atomic E-state index is 0.185. The van der Waals surface area contributed by atoms with Crippen LogP contribution in [0.5, 0.6) is 0 Å². The molecule has 0 aliphatic heterocycles. The largest absolute Gasteiger partial charge is 0.299 e. The van der Waals surface area contributed by atoms with Crippen molar-refractivity contribution in [2.24, 2.45) is 16.7 Å². The minimum Gasteiger partial charge on any atom is -0.299 e. The van der Waals surface area contributed by atoms with Crippen molar-refractivity contribution in [2.75, 3.05) is 0 Å². The van der Waals surface area contributed by atoms with Gasteiger partial charge in [-0.3, -0.25) is 4.79 Å². The van der Waals surface area contributed by atoms with Crippen LogP contribution in [0.15, 0.2) is 23.3 Å². The van der Waals surface area contributed by atoms with Gasteiger partial charge in [0.1, 0.15) is 5.78 Å². The molecule has 0 aromatic carbocycles. The number of hydrogen-bond donors (Lipinski definition) is 0. The normalized spacial score (nSPS) is 35.4. The van der Waals surface area contributed by atoms with E-state index in [0.29, 0.717) is 11.7 Å². The number of hydrogen-bond acceptors (Lipinski definition) is 1. The topological polar surface area (TPSA) is 17.1 Å². The van der Waals surface area contributed by atoms with Crippen molar-refractivity contribution in [1.29, 1.82) is 0 Å². The second-order valence-electron chi connectivity index (χ2n) is 7.07. The van der Waals surface area contributed by atoms with E-state index in [0.717, 1.165) is 12.8 Å². The van der Waals surface area contributed by atoms with E-state index in [1.807, 2.05) is 0 Å². The molecule has 1 nitrogen and oxygen atoms in total. The fourth-order valence-electron chi connectivity index (χ4n) is 3.85. The lowest BCUT2D eigenvalue weighted by atomic mass is 9.54.